The van der Waals surface area contributed by atoms with Gasteiger partial charge in [-0.15, -0.1) is 0 Å². The molecule has 0 fully saturated rings. The summed E-state index contributed by atoms with van der Waals surface area (Å²) in [7, 11) is -2.21. The smallest absolute Gasteiger partial charge is 0.321 e. The van der Waals surface area contributed by atoms with Crippen LogP contribution in [0.25, 0.3) is 0 Å². The Bertz CT molecular complexity index is 486. The van der Waals surface area contributed by atoms with E-state index in [1.165, 1.54) is 13.1 Å². The van der Waals surface area contributed by atoms with Crippen molar-refractivity contribution in [1.82, 2.24) is 14.3 Å². The Kier molecular flexibility index (Phi) is 3.34. The van der Waals surface area contributed by atoms with Crippen LogP contribution in [-0.4, -0.2) is 35.1 Å². The van der Waals surface area contributed by atoms with Crippen LogP contribution >= 0.6 is 0 Å². The lowest BCUT2D eigenvalue weighted by molar-refractivity contribution is -0.138. The average molecular weight is 247 g/mol. The molecular formula is C8H13N3O4S. The van der Waals surface area contributed by atoms with Gasteiger partial charge in [0.25, 0.3) is 10.0 Å². The summed E-state index contributed by atoms with van der Waals surface area (Å²) in [5, 5.41) is 8.42. The molecule has 1 aromatic rings. The van der Waals surface area contributed by atoms with Crippen molar-refractivity contribution in [1.29, 1.82) is 0 Å². The third kappa shape index (κ3) is 2.58. The van der Waals surface area contributed by atoms with Crippen LogP contribution < -0.4 is 4.72 Å². The topological polar surface area (TPSA) is 101 Å². The minimum atomic E-state index is -3.87. The zero-order valence-corrected chi connectivity index (χ0v) is 9.95. The van der Waals surface area contributed by atoms with E-state index in [2.05, 4.69) is 4.98 Å². The molecular weight excluding hydrogens is 234 g/mol. The summed E-state index contributed by atoms with van der Waals surface area (Å²) in [6, 6.07) is -1.19. The van der Waals surface area contributed by atoms with Crippen LogP contribution in [0.15, 0.2) is 11.2 Å². The Balaban J connectivity index is 2.99. The SMILES string of the molecule is Cc1nc(S(=O)(=O)N[C@@H](C)C(=O)O)cn1C. The molecule has 1 rings (SSSR count). The minimum absolute atomic E-state index is 0.180. The molecule has 0 bridgehead atoms. The molecule has 2 N–H and O–H groups in total. The number of rotatable bonds is 4. The fourth-order valence-electron chi connectivity index (χ4n) is 0.999. The number of carbonyl (C=O) groups is 1. The minimum Gasteiger partial charge on any atom is -0.480 e. The molecule has 0 saturated heterocycles. The summed E-state index contributed by atoms with van der Waals surface area (Å²) >= 11 is 0. The lowest BCUT2D eigenvalue weighted by Gasteiger charge is -2.07. The van der Waals surface area contributed by atoms with Gasteiger partial charge < -0.3 is 9.67 Å². The van der Waals surface area contributed by atoms with Gasteiger partial charge in [-0.05, 0) is 13.8 Å². The van der Waals surface area contributed by atoms with Gasteiger partial charge in [0.2, 0.25) is 0 Å². The summed E-state index contributed by atoms with van der Waals surface area (Å²) in [5.74, 6) is -0.709. The van der Waals surface area contributed by atoms with Crippen molar-refractivity contribution in [2.75, 3.05) is 0 Å². The van der Waals surface area contributed by atoms with Crippen LogP contribution in [0.2, 0.25) is 0 Å². The maximum Gasteiger partial charge on any atom is 0.321 e. The van der Waals surface area contributed by atoms with E-state index in [0.29, 0.717) is 5.82 Å². The van der Waals surface area contributed by atoms with Crippen LogP contribution in [0.3, 0.4) is 0 Å². The Hall–Kier alpha value is -1.41. The predicted molar refractivity (Wildman–Crippen MR) is 55.4 cm³/mol. The van der Waals surface area contributed by atoms with Crippen molar-refractivity contribution in [3.05, 3.63) is 12.0 Å². The summed E-state index contributed by atoms with van der Waals surface area (Å²) < 4.78 is 26.9. The Labute approximate surface area is 93.2 Å². The van der Waals surface area contributed by atoms with E-state index >= 15 is 0 Å². The number of carboxylic acid groups (broad SMARTS) is 1. The summed E-state index contributed by atoms with van der Waals surface area (Å²) in [4.78, 5) is 14.3. The third-order valence-electron chi connectivity index (χ3n) is 2.06. The Morgan fingerprint density at radius 1 is 1.62 bits per heavy atom. The fraction of sp³-hybridized carbons (Fsp3) is 0.500. The molecule has 0 aliphatic carbocycles. The van der Waals surface area contributed by atoms with Gasteiger partial charge in [-0.1, -0.05) is 0 Å². The number of aryl methyl sites for hydroxylation is 2. The molecule has 7 nitrogen and oxygen atoms in total. The van der Waals surface area contributed by atoms with Crippen LogP contribution in [0.1, 0.15) is 12.7 Å². The maximum absolute atomic E-state index is 11.7. The van der Waals surface area contributed by atoms with E-state index in [0.717, 1.165) is 0 Å². The molecule has 1 aromatic heterocycles. The zero-order valence-electron chi connectivity index (χ0n) is 9.13. The average Bonchev–Trinajstić information content (AvgIpc) is 2.47. The number of hydrogen-bond acceptors (Lipinski definition) is 4. The van der Waals surface area contributed by atoms with Crippen molar-refractivity contribution in [3.63, 3.8) is 0 Å². The molecule has 0 spiro atoms. The van der Waals surface area contributed by atoms with E-state index in [-0.39, 0.29) is 5.03 Å². The van der Waals surface area contributed by atoms with Crippen molar-refractivity contribution in [2.24, 2.45) is 7.05 Å². The maximum atomic E-state index is 11.7. The number of carboxylic acids is 1. The summed E-state index contributed by atoms with van der Waals surface area (Å²) in [6.45, 7) is 2.90. The van der Waals surface area contributed by atoms with Gasteiger partial charge in [0, 0.05) is 13.2 Å². The largest absolute Gasteiger partial charge is 0.480 e. The molecule has 90 valence electrons. The van der Waals surface area contributed by atoms with Crippen molar-refractivity contribution in [2.45, 2.75) is 24.9 Å². The van der Waals surface area contributed by atoms with E-state index in [4.69, 9.17) is 5.11 Å². The van der Waals surface area contributed by atoms with Crippen LogP contribution in [0.5, 0.6) is 0 Å². The van der Waals surface area contributed by atoms with Gasteiger partial charge in [0.15, 0.2) is 5.03 Å². The second kappa shape index (κ2) is 4.22. The standard InChI is InChI=1S/C8H13N3O4S/c1-5(8(12)13)10-16(14,15)7-4-11(3)6(2)9-7/h4-5,10H,1-3H3,(H,12,13)/t5-/m0/s1. The first-order valence-corrected chi connectivity index (χ1v) is 5.97. The van der Waals surface area contributed by atoms with Gasteiger partial charge in [-0.3, -0.25) is 4.79 Å². The molecule has 1 atom stereocenters. The number of nitrogens with zero attached hydrogens (tertiary/aromatic N) is 2. The monoisotopic (exact) mass is 247 g/mol. The quantitative estimate of drug-likeness (QED) is 0.745. The molecule has 8 heteroatoms. The van der Waals surface area contributed by atoms with Crippen molar-refractivity contribution >= 4 is 16.0 Å². The second-order valence-corrected chi connectivity index (χ2v) is 5.08. The summed E-state index contributed by atoms with van der Waals surface area (Å²) in [5.41, 5.74) is 0. The molecule has 0 radical (unpaired) electrons. The molecule has 0 saturated carbocycles. The zero-order chi connectivity index (χ0) is 12.5. The first-order chi connectivity index (χ1) is 7.24. The highest BCUT2D eigenvalue weighted by Gasteiger charge is 2.23. The predicted octanol–water partition coefficient (Wildman–Crippen LogP) is -0.520. The molecule has 16 heavy (non-hydrogen) atoms. The van der Waals surface area contributed by atoms with E-state index in [1.807, 2.05) is 4.72 Å². The fourth-order valence-corrected chi connectivity index (χ4v) is 2.24. The molecule has 0 aromatic carbocycles. The Morgan fingerprint density at radius 3 is 2.56 bits per heavy atom. The van der Waals surface area contributed by atoms with Gasteiger partial charge >= 0.3 is 5.97 Å². The van der Waals surface area contributed by atoms with Gasteiger partial charge in [-0.2, -0.15) is 4.72 Å². The number of imidazole rings is 1. The lowest BCUT2D eigenvalue weighted by atomic mass is 10.4. The van der Waals surface area contributed by atoms with E-state index < -0.39 is 22.0 Å². The number of aliphatic carboxylic acids is 1. The van der Waals surface area contributed by atoms with Crippen LogP contribution in [0.4, 0.5) is 0 Å². The highest BCUT2D eigenvalue weighted by atomic mass is 32.2. The van der Waals surface area contributed by atoms with Crippen molar-refractivity contribution in [3.8, 4) is 0 Å². The molecule has 0 aliphatic rings. The highest BCUT2D eigenvalue weighted by molar-refractivity contribution is 7.89. The first kappa shape index (κ1) is 12.7. The highest BCUT2D eigenvalue weighted by Crippen LogP contribution is 2.08. The van der Waals surface area contributed by atoms with Gasteiger partial charge in [0.1, 0.15) is 11.9 Å². The normalized spacial score (nSPS) is 13.7. The molecule has 0 amide bonds. The molecule has 1 heterocycles. The third-order valence-corrected chi connectivity index (χ3v) is 3.48. The van der Waals surface area contributed by atoms with E-state index in [1.54, 1.807) is 18.5 Å². The number of hydrogen-bond donors (Lipinski definition) is 2. The van der Waals surface area contributed by atoms with Crippen LogP contribution in [-0.2, 0) is 21.9 Å². The van der Waals surface area contributed by atoms with Crippen LogP contribution in [0, 0.1) is 6.92 Å². The number of nitrogens with one attached hydrogen (secondary N) is 1. The summed E-state index contributed by atoms with van der Waals surface area (Å²) in [6.07, 6.45) is 1.33. The number of sulfonamides is 1. The van der Waals surface area contributed by atoms with Gasteiger partial charge in [0.05, 0.1) is 0 Å². The number of aromatic nitrogens is 2. The second-order valence-electron chi connectivity index (χ2n) is 3.42. The molecule has 0 aliphatic heterocycles. The van der Waals surface area contributed by atoms with Gasteiger partial charge in [-0.25, -0.2) is 13.4 Å². The Morgan fingerprint density at radius 2 is 2.19 bits per heavy atom. The molecule has 0 unspecified atom stereocenters. The first-order valence-electron chi connectivity index (χ1n) is 4.49. The lowest BCUT2D eigenvalue weighted by Crippen LogP contribution is -2.38. The van der Waals surface area contributed by atoms with E-state index in [9.17, 15) is 13.2 Å². The van der Waals surface area contributed by atoms with Crippen molar-refractivity contribution < 1.29 is 18.3 Å².